The molecule has 0 aromatic heterocycles. The number of ether oxygens (including phenoxy) is 1. The molecule has 0 spiro atoms. The lowest BCUT2D eigenvalue weighted by molar-refractivity contribution is 0.0951. The van der Waals surface area contributed by atoms with E-state index in [1.54, 1.807) is 12.1 Å². The van der Waals surface area contributed by atoms with Crippen LogP contribution in [0.15, 0.2) is 84.9 Å². The van der Waals surface area contributed by atoms with Crippen LogP contribution in [0.25, 0.3) is 6.08 Å². The summed E-state index contributed by atoms with van der Waals surface area (Å²) in [7, 11) is 0. The maximum atomic E-state index is 14.1. The van der Waals surface area contributed by atoms with E-state index in [9.17, 15) is 15.3 Å². The Morgan fingerprint density at radius 1 is 0.971 bits per heavy atom. The first kappa shape index (κ1) is 21.5. The van der Waals surface area contributed by atoms with Crippen LogP contribution in [0.1, 0.15) is 34.3 Å². The predicted octanol–water partition coefficient (Wildman–Crippen LogP) is 5.37. The molecule has 34 heavy (non-hydrogen) atoms. The summed E-state index contributed by atoms with van der Waals surface area (Å²) < 4.78 is 5.59. The lowest BCUT2D eigenvalue weighted by atomic mass is 9.69. The fraction of sp³-hybridized carbons (Fsp3) is 0.207. The zero-order valence-corrected chi connectivity index (χ0v) is 18.8. The van der Waals surface area contributed by atoms with Crippen molar-refractivity contribution in [1.82, 2.24) is 0 Å². The molecule has 1 fully saturated rings. The highest BCUT2D eigenvalue weighted by molar-refractivity contribution is 6.04. The van der Waals surface area contributed by atoms with Crippen LogP contribution in [0.4, 0.5) is 5.69 Å². The molecule has 2 aliphatic rings. The Morgan fingerprint density at radius 2 is 1.65 bits per heavy atom. The van der Waals surface area contributed by atoms with Crippen molar-refractivity contribution in [3.63, 3.8) is 0 Å². The van der Waals surface area contributed by atoms with Crippen LogP contribution in [0, 0.1) is 28.1 Å². The Bertz CT molecular complexity index is 1320. The standard InChI is InChI=1S/C29H23N3O2/c1-2-34-23-15-12-21(13-16-23)26-27(28(33)22-9-4-3-5-10-22)32-24-11-7-6-8-20(24)14-17-25(32)29(26,18-30)19-31/h3-17,25-27H,2H2,1H3/t25?,26-,27+/m0/s1. The molecule has 0 amide bonds. The number of para-hydroxylation sites is 1. The number of nitriles is 2. The molecule has 2 aliphatic heterocycles. The van der Waals surface area contributed by atoms with Gasteiger partial charge in [-0.1, -0.05) is 72.8 Å². The number of ketones is 1. The molecule has 1 unspecified atom stereocenters. The molecule has 2 heterocycles. The first-order chi connectivity index (χ1) is 16.6. The fourth-order valence-electron chi connectivity index (χ4n) is 5.32. The molecular weight excluding hydrogens is 422 g/mol. The van der Waals surface area contributed by atoms with Crippen molar-refractivity contribution in [2.45, 2.75) is 24.9 Å². The maximum Gasteiger partial charge on any atom is 0.185 e. The summed E-state index contributed by atoms with van der Waals surface area (Å²) in [6, 6.07) is 27.7. The van der Waals surface area contributed by atoms with Gasteiger partial charge in [0.25, 0.3) is 0 Å². The SMILES string of the molecule is CCOc1ccc([C@H]2[C@H](C(=O)c3ccccc3)N3c4ccccc4C=CC3C2(C#N)C#N)cc1. The molecule has 0 bridgehead atoms. The van der Waals surface area contributed by atoms with E-state index in [4.69, 9.17) is 4.74 Å². The summed E-state index contributed by atoms with van der Waals surface area (Å²) in [5, 5.41) is 21.0. The summed E-state index contributed by atoms with van der Waals surface area (Å²) in [5.41, 5.74) is 1.68. The van der Waals surface area contributed by atoms with E-state index >= 15 is 0 Å². The molecular formula is C29H23N3O2. The minimum Gasteiger partial charge on any atom is -0.494 e. The average molecular weight is 446 g/mol. The van der Waals surface area contributed by atoms with E-state index < -0.39 is 23.4 Å². The Morgan fingerprint density at radius 3 is 2.32 bits per heavy atom. The summed E-state index contributed by atoms with van der Waals surface area (Å²) in [4.78, 5) is 16.1. The molecule has 1 saturated heterocycles. The number of carbonyl (C=O) groups excluding carboxylic acids is 1. The molecule has 0 saturated carbocycles. The largest absolute Gasteiger partial charge is 0.494 e. The van der Waals surface area contributed by atoms with E-state index in [-0.39, 0.29) is 5.78 Å². The molecule has 5 heteroatoms. The van der Waals surface area contributed by atoms with Crippen molar-refractivity contribution in [2.24, 2.45) is 5.41 Å². The van der Waals surface area contributed by atoms with Crippen molar-refractivity contribution in [3.05, 3.63) is 102 Å². The summed E-state index contributed by atoms with van der Waals surface area (Å²) in [6.07, 6.45) is 3.85. The number of fused-ring (bicyclic) bond motifs is 3. The van der Waals surface area contributed by atoms with Crippen LogP contribution < -0.4 is 9.64 Å². The highest BCUT2D eigenvalue weighted by Gasteiger charge is 2.63. The molecule has 3 atom stereocenters. The number of Topliss-reactive ketones (excluding diaryl/α,β-unsaturated/α-hetero) is 1. The molecule has 3 aromatic rings. The summed E-state index contributed by atoms with van der Waals surface area (Å²) in [6.45, 7) is 2.45. The van der Waals surface area contributed by atoms with Crippen LogP contribution in [-0.2, 0) is 0 Å². The third-order valence-corrected chi connectivity index (χ3v) is 6.79. The van der Waals surface area contributed by atoms with Gasteiger partial charge < -0.3 is 9.64 Å². The lowest BCUT2D eigenvalue weighted by Gasteiger charge is -2.35. The van der Waals surface area contributed by atoms with Gasteiger partial charge in [0.05, 0.1) is 24.8 Å². The Kier molecular flexibility index (Phi) is 5.40. The Hall–Kier alpha value is -4.35. The summed E-state index contributed by atoms with van der Waals surface area (Å²) >= 11 is 0. The van der Waals surface area contributed by atoms with Crippen LogP contribution in [0.2, 0.25) is 0 Å². The number of rotatable bonds is 5. The molecule has 0 N–H and O–H groups in total. The quantitative estimate of drug-likeness (QED) is 0.494. The molecule has 0 radical (unpaired) electrons. The number of nitrogens with zero attached hydrogens (tertiary/aromatic N) is 3. The van der Waals surface area contributed by atoms with Crippen molar-refractivity contribution in [3.8, 4) is 17.9 Å². The molecule has 5 nitrogen and oxygen atoms in total. The van der Waals surface area contributed by atoms with Gasteiger partial charge in [0.2, 0.25) is 0 Å². The molecule has 3 aromatic carbocycles. The van der Waals surface area contributed by atoms with Crippen LogP contribution in [-0.4, -0.2) is 24.5 Å². The van der Waals surface area contributed by atoms with Gasteiger partial charge in [-0.25, -0.2) is 0 Å². The van der Waals surface area contributed by atoms with Gasteiger partial charge in [0, 0.05) is 17.2 Å². The number of anilines is 1. The maximum absolute atomic E-state index is 14.1. The molecule has 166 valence electrons. The van der Waals surface area contributed by atoms with E-state index in [0.717, 1.165) is 16.8 Å². The van der Waals surface area contributed by atoms with Gasteiger partial charge in [0.1, 0.15) is 11.8 Å². The van der Waals surface area contributed by atoms with Crippen molar-refractivity contribution in [2.75, 3.05) is 11.5 Å². The second-order valence-corrected chi connectivity index (χ2v) is 8.52. The smallest absolute Gasteiger partial charge is 0.185 e. The molecule has 0 aliphatic carbocycles. The van der Waals surface area contributed by atoms with Gasteiger partial charge in [0.15, 0.2) is 11.2 Å². The molecule has 5 rings (SSSR count). The highest BCUT2D eigenvalue weighted by atomic mass is 16.5. The first-order valence-corrected chi connectivity index (χ1v) is 11.3. The normalized spacial score (nSPS) is 21.6. The average Bonchev–Trinajstić information content (AvgIpc) is 3.20. The van der Waals surface area contributed by atoms with Gasteiger partial charge in [-0.15, -0.1) is 0 Å². The number of carbonyl (C=O) groups is 1. The number of hydrogen-bond acceptors (Lipinski definition) is 5. The second-order valence-electron chi connectivity index (χ2n) is 8.52. The minimum atomic E-state index is -1.45. The predicted molar refractivity (Wildman–Crippen MR) is 130 cm³/mol. The Labute approximate surface area is 199 Å². The van der Waals surface area contributed by atoms with Crippen LogP contribution in [0.5, 0.6) is 5.75 Å². The lowest BCUT2D eigenvalue weighted by Crippen LogP contribution is -2.44. The third-order valence-electron chi connectivity index (χ3n) is 6.79. The van der Waals surface area contributed by atoms with E-state index in [0.29, 0.717) is 17.9 Å². The Balaban J connectivity index is 1.74. The second kappa shape index (κ2) is 8.54. The third kappa shape index (κ3) is 3.17. The van der Waals surface area contributed by atoms with Gasteiger partial charge in [-0.3, -0.25) is 4.79 Å². The highest BCUT2D eigenvalue weighted by Crippen LogP contribution is 2.55. The van der Waals surface area contributed by atoms with Crippen LogP contribution >= 0.6 is 0 Å². The zero-order chi connectivity index (χ0) is 23.7. The number of benzene rings is 3. The van der Waals surface area contributed by atoms with Crippen molar-refractivity contribution < 1.29 is 9.53 Å². The zero-order valence-electron chi connectivity index (χ0n) is 18.8. The summed E-state index contributed by atoms with van der Waals surface area (Å²) in [5.74, 6) is -0.0636. The van der Waals surface area contributed by atoms with Gasteiger partial charge in [-0.2, -0.15) is 10.5 Å². The minimum absolute atomic E-state index is 0.109. The topological polar surface area (TPSA) is 77.1 Å². The van der Waals surface area contributed by atoms with Crippen LogP contribution in [0.3, 0.4) is 0 Å². The van der Waals surface area contributed by atoms with E-state index in [1.807, 2.05) is 90.7 Å². The first-order valence-electron chi connectivity index (χ1n) is 11.3. The number of hydrogen-bond donors (Lipinski definition) is 0. The van der Waals surface area contributed by atoms with E-state index in [2.05, 4.69) is 12.1 Å². The van der Waals surface area contributed by atoms with E-state index in [1.165, 1.54) is 0 Å². The fourth-order valence-corrected chi connectivity index (χ4v) is 5.32. The van der Waals surface area contributed by atoms with Crippen molar-refractivity contribution >= 4 is 17.5 Å². The van der Waals surface area contributed by atoms with Gasteiger partial charge >= 0.3 is 0 Å². The van der Waals surface area contributed by atoms with Gasteiger partial charge in [-0.05, 0) is 36.2 Å². The monoisotopic (exact) mass is 445 g/mol. The van der Waals surface area contributed by atoms with Crippen molar-refractivity contribution in [1.29, 1.82) is 10.5 Å².